The zero-order valence-electron chi connectivity index (χ0n) is 10.5. The Balaban J connectivity index is 1.64. The second-order valence-electron chi connectivity index (χ2n) is 4.91. The van der Waals surface area contributed by atoms with E-state index in [0.29, 0.717) is 0 Å². The molecule has 0 spiro atoms. The van der Waals surface area contributed by atoms with E-state index in [9.17, 15) is 0 Å². The van der Waals surface area contributed by atoms with E-state index in [0.717, 1.165) is 31.6 Å². The van der Waals surface area contributed by atoms with Gasteiger partial charge in [0, 0.05) is 49.4 Å². The zero-order valence-corrected chi connectivity index (χ0v) is 11.4. The molecule has 0 radical (unpaired) electrons. The Kier molecular flexibility index (Phi) is 3.20. The van der Waals surface area contributed by atoms with Crippen LogP contribution in [0, 0.1) is 0 Å². The number of hydrogen-bond acceptors (Lipinski definition) is 4. The maximum atomic E-state index is 6.24. The molecule has 1 atom stereocenters. The second kappa shape index (κ2) is 4.84. The molecule has 0 fully saturated rings. The van der Waals surface area contributed by atoms with Crippen LogP contribution < -0.4 is 5.73 Å². The number of nitrogens with zero attached hydrogens (tertiary/aromatic N) is 3. The van der Waals surface area contributed by atoms with Crippen LogP contribution in [0.15, 0.2) is 23.8 Å². The molecule has 0 amide bonds. The predicted molar refractivity (Wildman–Crippen MR) is 73.4 cm³/mol. The van der Waals surface area contributed by atoms with Crippen LogP contribution in [-0.2, 0) is 20.0 Å². The van der Waals surface area contributed by atoms with Gasteiger partial charge < -0.3 is 5.73 Å². The third kappa shape index (κ3) is 2.34. The van der Waals surface area contributed by atoms with Crippen LogP contribution >= 0.6 is 11.3 Å². The Hall–Kier alpha value is -1.17. The molecule has 1 aliphatic rings. The van der Waals surface area contributed by atoms with Crippen LogP contribution in [0.4, 0.5) is 0 Å². The molecule has 0 aromatic carbocycles. The molecule has 2 N–H and O–H groups in total. The van der Waals surface area contributed by atoms with Crippen LogP contribution in [0.1, 0.15) is 22.0 Å². The summed E-state index contributed by atoms with van der Waals surface area (Å²) in [6.45, 7) is 3.05. The Morgan fingerprint density at radius 1 is 1.56 bits per heavy atom. The average molecular weight is 262 g/mol. The molecule has 2 aromatic heterocycles. The lowest BCUT2D eigenvalue weighted by atomic mass is 10.1. The minimum atomic E-state index is 0.0545. The molecule has 0 saturated carbocycles. The normalized spacial score (nSPS) is 17.7. The van der Waals surface area contributed by atoms with Gasteiger partial charge in [0.15, 0.2) is 0 Å². The molecule has 5 heteroatoms. The summed E-state index contributed by atoms with van der Waals surface area (Å²) in [4.78, 5) is 3.98. The standard InChI is InChI=1S/C13H18N4S/c1-16-7-11(6-15-16)12(14)9-17-4-2-13-10(8-17)3-5-18-13/h3,5-7,12H,2,4,8-9,14H2,1H3. The lowest BCUT2D eigenvalue weighted by Gasteiger charge is -2.28. The van der Waals surface area contributed by atoms with Crippen molar-refractivity contribution in [1.29, 1.82) is 0 Å². The molecule has 0 aliphatic carbocycles. The minimum Gasteiger partial charge on any atom is -0.323 e. The van der Waals surface area contributed by atoms with Crippen molar-refractivity contribution in [1.82, 2.24) is 14.7 Å². The summed E-state index contributed by atoms with van der Waals surface area (Å²) in [6, 6.07) is 2.29. The summed E-state index contributed by atoms with van der Waals surface area (Å²) in [5.41, 5.74) is 8.84. The zero-order chi connectivity index (χ0) is 12.5. The Labute approximate surface area is 111 Å². The van der Waals surface area contributed by atoms with Gasteiger partial charge in [-0.3, -0.25) is 9.58 Å². The van der Waals surface area contributed by atoms with Crippen molar-refractivity contribution >= 4 is 11.3 Å². The van der Waals surface area contributed by atoms with Gasteiger partial charge in [0.1, 0.15) is 0 Å². The molecule has 3 rings (SSSR count). The van der Waals surface area contributed by atoms with Crippen molar-refractivity contribution < 1.29 is 0 Å². The van der Waals surface area contributed by atoms with E-state index in [4.69, 9.17) is 5.73 Å². The van der Waals surface area contributed by atoms with E-state index in [1.54, 1.807) is 4.88 Å². The highest BCUT2D eigenvalue weighted by Gasteiger charge is 2.20. The first-order chi connectivity index (χ1) is 8.72. The SMILES string of the molecule is Cn1cc(C(N)CN2CCc3sccc3C2)cn1. The number of aromatic nitrogens is 2. The number of aryl methyl sites for hydroxylation is 1. The van der Waals surface area contributed by atoms with Crippen molar-refractivity contribution in [3.8, 4) is 0 Å². The fraction of sp³-hybridized carbons (Fsp3) is 0.462. The Morgan fingerprint density at radius 3 is 3.22 bits per heavy atom. The van der Waals surface area contributed by atoms with Crippen molar-refractivity contribution in [2.75, 3.05) is 13.1 Å². The van der Waals surface area contributed by atoms with E-state index in [-0.39, 0.29) is 6.04 Å². The van der Waals surface area contributed by atoms with Crippen LogP contribution in [0.5, 0.6) is 0 Å². The van der Waals surface area contributed by atoms with Gasteiger partial charge in [0.25, 0.3) is 0 Å². The second-order valence-corrected chi connectivity index (χ2v) is 5.91. The van der Waals surface area contributed by atoms with Gasteiger partial charge in [-0.1, -0.05) is 0 Å². The first-order valence-electron chi connectivity index (χ1n) is 6.24. The molecule has 96 valence electrons. The fourth-order valence-corrected chi connectivity index (χ4v) is 3.37. The lowest BCUT2D eigenvalue weighted by molar-refractivity contribution is 0.240. The topological polar surface area (TPSA) is 47.1 Å². The minimum absolute atomic E-state index is 0.0545. The van der Waals surface area contributed by atoms with Gasteiger partial charge in [0.2, 0.25) is 0 Å². The van der Waals surface area contributed by atoms with E-state index in [1.807, 2.05) is 35.5 Å². The van der Waals surface area contributed by atoms with Crippen LogP contribution in [-0.4, -0.2) is 27.8 Å². The number of thiophene rings is 1. The van der Waals surface area contributed by atoms with Gasteiger partial charge in [-0.25, -0.2) is 0 Å². The van der Waals surface area contributed by atoms with Crippen LogP contribution in [0.25, 0.3) is 0 Å². The number of fused-ring (bicyclic) bond motifs is 1. The highest BCUT2D eigenvalue weighted by molar-refractivity contribution is 7.10. The van der Waals surface area contributed by atoms with E-state index >= 15 is 0 Å². The van der Waals surface area contributed by atoms with Crippen molar-refractivity contribution in [2.45, 2.75) is 19.0 Å². The molecule has 3 heterocycles. The smallest absolute Gasteiger partial charge is 0.0537 e. The Morgan fingerprint density at radius 2 is 2.44 bits per heavy atom. The molecule has 0 bridgehead atoms. The van der Waals surface area contributed by atoms with Crippen LogP contribution in [0.2, 0.25) is 0 Å². The maximum Gasteiger partial charge on any atom is 0.0537 e. The third-order valence-electron chi connectivity index (χ3n) is 3.49. The fourth-order valence-electron chi connectivity index (χ4n) is 2.48. The molecule has 0 saturated heterocycles. The summed E-state index contributed by atoms with van der Waals surface area (Å²) < 4.78 is 1.81. The quantitative estimate of drug-likeness (QED) is 0.912. The number of rotatable bonds is 3. The van der Waals surface area contributed by atoms with Crippen molar-refractivity contribution in [2.24, 2.45) is 12.8 Å². The van der Waals surface area contributed by atoms with Crippen molar-refractivity contribution in [3.05, 3.63) is 39.8 Å². The van der Waals surface area contributed by atoms with E-state index in [2.05, 4.69) is 21.4 Å². The first-order valence-corrected chi connectivity index (χ1v) is 7.12. The molecule has 18 heavy (non-hydrogen) atoms. The van der Waals surface area contributed by atoms with Gasteiger partial charge in [0.05, 0.1) is 6.20 Å². The van der Waals surface area contributed by atoms with Crippen molar-refractivity contribution in [3.63, 3.8) is 0 Å². The highest BCUT2D eigenvalue weighted by Crippen LogP contribution is 2.25. The summed E-state index contributed by atoms with van der Waals surface area (Å²) in [6.07, 6.45) is 5.03. The largest absolute Gasteiger partial charge is 0.323 e. The van der Waals surface area contributed by atoms with Gasteiger partial charge in [-0.2, -0.15) is 5.10 Å². The average Bonchev–Trinajstić information content (AvgIpc) is 2.96. The van der Waals surface area contributed by atoms with E-state index < -0.39 is 0 Å². The first kappa shape index (κ1) is 11.9. The summed E-state index contributed by atoms with van der Waals surface area (Å²) >= 11 is 1.87. The molecule has 1 unspecified atom stereocenters. The summed E-state index contributed by atoms with van der Waals surface area (Å²) in [7, 11) is 1.93. The summed E-state index contributed by atoms with van der Waals surface area (Å²) in [5.74, 6) is 0. The number of hydrogen-bond donors (Lipinski definition) is 1. The molecule has 1 aliphatic heterocycles. The van der Waals surface area contributed by atoms with Gasteiger partial charge >= 0.3 is 0 Å². The monoisotopic (exact) mass is 262 g/mol. The third-order valence-corrected chi connectivity index (χ3v) is 4.52. The number of nitrogens with two attached hydrogens (primary N) is 1. The highest BCUT2D eigenvalue weighted by atomic mass is 32.1. The van der Waals surface area contributed by atoms with Crippen LogP contribution in [0.3, 0.4) is 0 Å². The predicted octanol–water partition coefficient (Wildman–Crippen LogP) is 1.54. The molecular weight excluding hydrogens is 244 g/mol. The Bertz CT molecular complexity index is 531. The van der Waals surface area contributed by atoms with E-state index in [1.165, 1.54) is 5.56 Å². The molecule has 4 nitrogen and oxygen atoms in total. The molecule has 2 aromatic rings. The molecular formula is C13H18N4S. The lowest BCUT2D eigenvalue weighted by Crippen LogP contribution is -2.35. The summed E-state index contributed by atoms with van der Waals surface area (Å²) in [5, 5.41) is 6.37. The van der Waals surface area contributed by atoms with Gasteiger partial charge in [-0.05, 0) is 23.4 Å². The maximum absolute atomic E-state index is 6.24. The van der Waals surface area contributed by atoms with Gasteiger partial charge in [-0.15, -0.1) is 11.3 Å².